The van der Waals surface area contributed by atoms with Gasteiger partial charge in [0.2, 0.25) is 0 Å². The maximum Gasteiger partial charge on any atom is 0.257 e. The molecule has 1 saturated heterocycles. The first kappa shape index (κ1) is 20.4. The van der Waals surface area contributed by atoms with Crippen LogP contribution in [-0.2, 0) is 6.54 Å². The van der Waals surface area contributed by atoms with Crippen LogP contribution < -0.4 is 4.74 Å². The lowest BCUT2D eigenvalue weighted by atomic mass is 10.1. The van der Waals surface area contributed by atoms with E-state index in [1.54, 1.807) is 23.3 Å². The van der Waals surface area contributed by atoms with Gasteiger partial charge in [-0.15, -0.1) is 11.3 Å². The van der Waals surface area contributed by atoms with E-state index < -0.39 is 17.5 Å². The number of thiazole rings is 1. The summed E-state index contributed by atoms with van der Waals surface area (Å²) in [5, 5.41) is 2.99. The van der Waals surface area contributed by atoms with Crippen LogP contribution in [0.4, 0.5) is 8.78 Å². The number of nitrogens with zero attached hydrogens (tertiary/aromatic N) is 3. The van der Waals surface area contributed by atoms with Crippen LogP contribution in [0.3, 0.4) is 0 Å². The number of hydrogen-bond donors (Lipinski definition) is 0. The SMILES string of the molecule is COc1ccc(-c2nc(CN3CCN(C(=O)c4cccc(F)c4F)CC3)cs2)cc1. The second-order valence-corrected chi connectivity index (χ2v) is 7.90. The zero-order valence-corrected chi connectivity index (χ0v) is 17.3. The molecule has 8 heteroatoms. The van der Waals surface area contributed by atoms with Crippen molar-refractivity contribution in [3.05, 3.63) is 70.7 Å². The summed E-state index contributed by atoms with van der Waals surface area (Å²) < 4.78 is 32.5. The molecule has 2 aromatic carbocycles. The van der Waals surface area contributed by atoms with E-state index in [4.69, 9.17) is 9.72 Å². The summed E-state index contributed by atoms with van der Waals surface area (Å²) in [6, 6.07) is 11.5. The van der Waals surface area contributed by atoms with Gasteiger partial charge in [0.1, 0.15) is 10.8 Å². The molecular weight excluding hydrogens is 408 g/mol. The molecule has 0 atom stereocenters. The smallest absolute Gasteiger partial charge is 0.257 e. The van der Waals surface area contributed by atoms with Crippen LogP contribution in [0, 0.1) is 11.6 Å². The summed E-state index contributed by atoms with van der Waals surface area (Å²) in [6.07, 6.45) is 0. The van der Waals surface area contributed by atoms with Gasteiger partial charge >= 0.3 is 0 Å². The molecule has 1 aliphatic heterocycles. The number of benzene rings is 2. The maximum atomic E-state index is 13.9. The molecule has 5 nitrogen and oxygen atoms in total. The molecule has 2 heterocycles. The number of amides is 1. The van der Waals surface area contributed by atoms with Crippen LogP contribution in [-0.4, -0.2) is 54.0 Å². The molecule has 1 amide bonds. The van der Waals surface area contributed by atoms with Gasteiger partial charge in [0.05, 0.1) is 18.4 Å². The van der Waals surface area contributed by atoms with Crippen molar-refractivity contribution in [2.45, 2.75) is 6.54 Å². The first-order valence-electron chi connectivity index (χ1n) is 9.59. The lowest BCUT2D eigenvalue weighted by molar-refractivity contribution is 0.0621. The molecule has 4 rings (SSSR count). The fourth-order valence-electron chi connectivity index (χ4n) is 3.42. The van der Waals surface area contributed by atoms with Gasteiger partial charge in [-0.2, -0.15) is 0 Å². The van der Waals surface area contributed by atoms with Gasteiger partial charge < -0.3 is 9.64 Å². The van der Waals surface area contributed by atoms with Gasteiger partial charge in [-0.05, 0) is 36.4 Å². The molecule has 0 unspecified atom stereocenters. The fourth-order valence-corrected chi connectivity index (χ4v) is 4.24. The molecule has 0 N–H and O–H groups in total. The summed E-state index contributed by atoms with van der Waals surface area (Å²) in [4.78, 5) is 21.0. The van der Waals surface area contributed by atoms with Crippen LogP contribution in [0.15, 0.2) is 47.8 Å². The monoisotopic (exact) mass is 429 g/mol. The Labute approximate surface area is 177 Å². The van der Waals surface area contributed by atoms with Crippen molar-refractivity contribution in [3.63, 3.8) is 0 Å². The Kier molecular flexibility index (Phi) is 6.06. The average molecular weight is 429 g/mol. The minimum absolute atomic E-state index is 0.216. The van der Waals surface area contributed by atoms with Gasteiger partial charge in [0.15, 0.2) is 11.6 Å². The van der Waals surface area contributed by atoms with Gasteiger partial charge in [0, 0.05) is 43.7 Å². The van der Waals surface area contributed by atoms with Crippen molar-refractivity contribution in [2.24, 2.45) is 0 Å². The van der Waals surface area contributed by atoms with Gasteiger partial charge in [0.25, 0.3) is 5.91 Å². The number of carbonyl (C=O) groups excluding carboxylic acids is 1. The molecule has 1 aromatic heterocycles. The van der Waals surface area contributed by atoms with E-state index in [0.717, 1.165) is 28.1 Å². The molecule has 0 radical (unpaired) electrons. The van der Waals surface area contributed by atoms with Crippen LogP contribution in [0.2, 0.25) is 0 Å². The molecule has 156 valence electrons. The minimum atomic E-state index is -1.08. The normalized spacial score (nSPS) is 14.7. The fraction of sp³-hybridized carbons (Fsp3) is 0.273. The molecule has 0 bridgehead atoms. The highest BCUT2D eigenvalue weighted by molar-refractivity contribution is 7.13. The Hall–Kier alpha value is -2.84. The molecule has 0 aliphatic carbocycles. The second-order valence-electron chi connectivity index (χ2n) is 7.04. The molecule has 0 saturated carbocycles. The van der Waals surface area contributed by atoms with E-state index >= 15 is 0 Å². The molecular formula is C22H21F2N3O2S. The van der Waals surface area contributed by atoms with Crippen LogP contribution in [0.1, 0.15) is 16.1 Å². The van der Waals surface area contributed by atoms with Crippen molar-refractivity contribution in [2.75, 3.05) is 33.3 Å². The molecule has 30 heavy (non-hydrogen) atoms. The number of hydrogen-bond acceptors (Lipinski definition) is 5. The lowest BCUT2D eigenvalue weighted by Crippen LogP contribution is -2.48. The van der Waals surface area contributed by atoms with Crippen LogP contribution in [0.25, 0.3) is 10.6 Å². The maximum absolute atomic E-state index is 13.9. The first-order valence-corrected chi connectivity index (χ1v) is 10.5. The highest BCUT2D eigenvalue weighted by Crippen LogP contribution is 2.26. The number of ether oxygens (including phenoxy) is 1. The number of aromatic nitrogens is 1. The van der Waals surface area contributed by atoms with Crippen LogP contribution >= 0.6 is 11.3 Å². The lowest BCUT2D eigenvalue weighted by Gasteiger charge is -2.34. The van der Waals surface area contributed by atoms with Crippen molar-refractivity contribution in [3.8, 4) is 16.3 Å². The largest absolute Gasteiger partial charge is 0.497 e. The third-order valence-electron chi connectivity index (χ3n) is 5.12. The van der Waals surface area contributed by atoms with Crippen molar-refractivity contribution >= 4 is 17.2 Å². The van der Waals surface area contributed by atoms with E-state index in [9.17, 15) is 13.6 Å². The predicted octanol–water partition coefficient (Wildman–Crippen LogP) is 4.05. The Morgan fingerprint density at radius 3 is 2.53 bits per heavy atom. The van der Waals surface area contributed by atoms with Crippen molar-refractivity contribution in [1.82, 2.24) is 14.8 Å². The van der Waals surface area contributed by atoms with Gasteiger partial charge in [-0.1, -0.05) is 6.07 Å². The average Bonchev–Trinajstić information content (AvgIpc) is 3.24. The minimum Gasteiger partial charge on any atom is -0.497 e. The van der Waals surface area contributed by atoms with Crippen LogP contribution in [0.5, 0.6) is 5.75 Å². The molecule has 1 aliphatic rings. The van der Waals surface area contributed by atoms with E-state index in [-0.39, 0.29) is 5.56 Å². The standard InChI is InChI=1S/C22H21F2N3O2S/c1-29-17-7-5-15(6-8-17)21-25-16(14-30-21)13-26-9-11-27(12-10-26)22(28)18-3-2-4-19(23)20(18)24/h2-8,14H,9-13H2,1H3. The van der Waals surface area contributed by atoms with Gasteiger partial charge in [-0.3, -0.25) is 9.69 Å². The zero-order chi connectivity index (χ0) is 21.1. The molecule has 3 aromatic rings. The highest BCUT2D eigenvalue weighted by Gasteiger charge is 2.25. The number of halogens is 2. The zero-order valence-electron chi connectivity index (χ0n) is 16.5. The first-order chi connectivity index (χ1) is 14.5. The summed E-state index contributed by atoms with van der Waals surface area (Å²) in [5.41, 5.74) is 1.80. The summed E-state index contributed by atoms with van der Waals surface area (Å²) in [7, 11) is 1.64. The Bertz CT molecular complexity index is 1030. The van der Waals surface area contributed by atoms with Crippen molar-refractivity contribution < 1.29 is 18.3 Å². The number of carbonyl (C=O) groups is 1. The third-order valence-corrected chi connectivity index (χ3v) is 6.06. The summed E-state index contributed by atoms with van der Waals surface area (Å²) in [6.45, 7) is 2.91. The van der Waals surface area contributed by atoms with E-state index in [1.165, 1.54) is 12.1 Å². The number of methoxy groups -OCH3 is 1. The molecule has 0 spiro atoms. The topological polar surface area (TPSA) is 45.7 Å². The van der Waals surface area contributed by atoms with Crippen molar-refractivity contribution in [1.29, 1.82) is 0 Å². The third kappa shape index (κ3) is 4.34. The summed E-state index contributed by atoms with van der Waals surface area (Å²) >= 11 is 1.59. The summed E-state index contributed by atoms with van der Waals surface area (Å²) in [5.74, 6) is -1.75. The predicted molar refractivity (Wildman–Crippen MR) is 112 cm³/mol. The van der Waals surface area contributed by atoms with E-state index in [1.807, 2.05) is 29.6 Å². The Balaban J connectivity index is 1.34. The van der Waals surface area contributed by atoms with E-state index in [2.05, 4.69) is 4.90 Å². The van der Waals surface area contributed by atoms with Gasteiger partial charge in [-0.25, -0.2) is 13.8 Å². The quantitative estimate of drug-likeness (QED) is 0.614. The Morgan fingerprint density at radius 2 is 1.83 bits per heavy atom. The number of rotatable bonds is 5. The highest BCUT2D eigenvalue weighted by atomic mass is 32.1. The second kappa shape index (κ2) is 8.89. The molecule has 1 fully saturated rings. The Morgan fingerprint density at radius 1 is 1.10 bits per heavy atom. The van der Waals surface area contributed by atoms with E-state index in [0.29, 0.717) is 32.7 Å². The number of piperazine rings is 1.